The number of benzene rings is 1. The van der Waals surface area contributed by atoms with Crippen LogP contribution in [0.25, 0.3) is 0 Å². The van der Waals surface area contributed by atoms with Crippen LogP contribution in [0.5, 0.6) is 0 Å². The number of carbonyl (C=O) groups is 1. The first-order chi connectivity index (χ1) is 6.20. The Morgan fingerprint density at radius 3 is 2.62 bits per heavy atom. The second-order valence-electron chi connectivity index (χ2n) is 3.19. The highest BCUT2D eigenvalue weighted by molar-refractivity contribution is 5.78. The SMILES string of the molecule is C=CCc1c(C=O)ccc(C)c1C. The summed E-state index contributed by atoms with van der Waals surface area (Å²) in [5, 5.41) is 0. The van der Waals surface area contributed by atoms with Crippen molar-refractivity contribution in [1.82, 2.24) is 0 Å². The largest absolute Gasteiger partial charge is 0.298 e. The maximum absolute atomic E-state index is 10.7. The third kappa shape index (κ3) is 1.86. The summed E-state index contributed by atoms with van der Waals surface area (Å²) in [4.78, 5) is 10.7. The third-order valence-corrected chi connectivity index (χ3v) is 2.38. The Kier molecular flexibility index (Phi) is 3.02. The van der Waals surface area contributed by atoms with E-state index in [1.807, 2.05) is 25.1 Å². The number of hydrogen-bond donors (Lipinski definition) is 0. The minimum absolute atomic E-state index is 0.765. The van der Waals surface area contributed by atoms with Crippen molar-refractivity contribution >= 4 is 6.29 Å². The van der Waals surface area contributed by atoms with E-state index in [2.05, 4.69) is 13.5 Å². The second kappa shape index (κ2) is 4.04. The van der Waals surface area contributed by atoms with Crippen LogP contribution < -0.4 is 0 Å². The zero-order valence-electron chi connectivity index (χ0n) is 8.13. The van der Waals surface area contributed by atoms with Gasteiger partial charge in [-0.25, -0.2) is 0 Å². The van der Waals surface area contributed by atoms with Crippen molar-refractivity contribution < 1.29 is 4.79 Å². The lowest BCUT2D eigenvalue weighted by Crippen LogP contribution is -1.97. The Bertz CT molecular complexity index is 337. The van der Waals surface area contributed by atoms with E-state index in [9.17, 15) is 4.79 Å². The van der Waals surface area contributed by atoms with Crippen LogP contribution in [0.4, 0.5) is 0 Å². The Morgan fingerprint density at radius 1 is 1.38 bits per heavy atom. The van der Waals surface area contributed by atoms with E-state index >= 15 is 0 Å². The molecule has 0 spiro atoms. The average molecular weight is 174 g/mol. The van der Waals surface area contributed by atoms with Crippen molar-refractivity contribution in [3.05, 3.63) is 47.0 Å². The molecule has 0 aliphatic carbocycles. The summed E-state index contributed by atoms with van der Waals surface area (Å²) < 4.78 is 0. The van der Waals surface area contributed by atoms with E-state index < -0.39 is 0 Å². The minimum atomic E-state index is 0.765. The van der Waals surface area contributed by atoms with Crippen molar-refractivity contribution in [2.75, 3.05) is 0 Å². The Morgan fingerprint density at radius 2 is 2.08 bits per heavy atom. The predicted octanol–water partition coefficient (Wildman–Crippen LogP) is 2.84. The minimum Gasteiger partial charge on any atom is -0.298 e. The molecule has 0 aliphatic rings. The number of allylic oxidation sites excluding steroid dienone is 1. The number of hydrogen-bond acceptors (Lipinski definition) is 1. The number of aryl methyl sites for hydroxylation is 1. The Labute approximate surface area is 79.1 Å². The topological polar surface area (TPSA) is 17.1 Å². The van der Waals surface area contributed by atoms with Crippen molar-refractivity contribution in [3.8, 4) is 0 Å². The highest BCUT2D eigenvalue weighted by Gasteiger charge is 2.05. The zero-order valence-corrected chi connectivity index (χ0v) is 8.13. The standard InChI is InChI=1S/C12H14O/c1-4-5-12-10(3)9(2)6-7-11(12)8-13/h4,6-8H,1,5H2,2-3H3. The van der Waals surface area contributed by atoms with Crippen LogP contribution in [0.1, 0.15) is 27.0 Å². The summed E-state index contributed by atoms with van der Waals surface area (Å²) >= 11 is 0. The van der Waals surface area contributed by atoms with Crippen molar-refractivity contribution in [2.45, 2.75) is 20.3 Å². The second-order valence-corrected chi connectivity index (χ2v) is 3.19. The summed E-state index contributed by atoms with van der Waals surface area (Å²) in [5.41, 5.74) is 4.31. The molecular formula is C12H14O. The van der Waals surface area contributed by atoms with Gasteiger partial charge in [0, 0.05) is 5.56 Å². The van der Waals surface area contributed by atoms with E-state index in [-0.39, 0.29) is 0 Å². The number of aldehydes is 1. The van der Waals surface area contributed by atoms with Gasteiger partial charge in [0.25, 0.3) is 0 Å². The van der Waals surface area contributed by atoms with E-state index in [0.717, 1.165) is 23.8 Å². The van der Waals surface area contributed by atoms with Gasteiger partial charge in [-0.3, -0.25) is 4.79 Å². The molecule has 0 saturated carbocycles. The molecule has 0 radical (unpaired) electrons. The summed E-state index contributed by atoms with van der Waals surface area (Å²) in [6.45, 7) is 7.78. The Hall–Kier alpha value is -1.37. The van der Waals surface area contributed by atoms with E-state index in [4.69, 9.17) is 0 Å². The first-order valence-corrected chi connectivity index (χ1v) is 4.36. The zero-order chi connectivity index (χ0) is 9.84. The molecule has 0 heterocycles. The van der Waals surface area contributed by atoms with Gasteiger partial charge in [0.15, 0.2) is 0 Å². The number of rotatable bonds is 3. The molecule has 13 heavy (non-hydrogen) atoms. The quantitative estimate of drug-likeness (QED) is 0.508. The van der Waals surface area contributed by atoms with Gasteiger partial charge in [-0.15, -0.1) is 6.58 Å². The predicted molar refractivity (Wildman–Crippen MR) is 55.2 cm³/mol. The molecule has 0 aromatic heterocycles. The van der Waals surface area contributed by atoms with Gasteiger partial charge in [0.1, 0.15) is 6.29 Å². The summed E-state index contributed by atoms with van der Waals surface area (Å²) in [6.07, 6.45) is 3.50. The summed E-state index contributed by atoms with van der Waals surface area (Å²) in [7, 11) is 0. The highest BCUT2D eigenvalue weighted by atomic mass is 16.1. The maximum atomic E-state index is 10.7. The van der Waals surface area contributed by atoms with Crippen LogP contribution in [0.3, 0.4) is 0 Å². The van der Waals surface area contributed by atoms with Crippen molar-refractivity contribution in [1.29, 1.82) is 0 Å². The molecule has 0 unspecified atom stereocenters. The summed E-state index contributed by atoms with van der Waals surface area (Å²) in [5.74, 6) is 0. The normalized spacial score (nSPS) is 9.69. The van der Waals surface area contributed by atoms with Gasteiger partial charge in [-0.05, 0) is 37.0 Å². The first-order valence-electron chi connectivity index (χ1n) is 4.36. The Balaban J connectivity index is 3.31. The van der Waals surface area contributed by atoms with Gasteiger partial charge in [0.05, 0.1) is 0 Å². The van der Waals surface area contributed by atoms with Gasteiger partial charge in [0.2, 0.25) is 0 Å². The van der Waals surface area contributed by atoms with E-state index in [0.29, 0.717) is 0 Å². The average Bonchev–Trinajstić information content (AvgIpc) is 2.14. The molecule has 1 heteroatoms. The molecule has 1 nitrogen and oxygen atoms in total. The van der Waals surface area contributed by atoms with Gasteiger partial charge in [-0.2, -0.15) is 0 Å². The molecule has 0 bridgehead atoms. The molecule has 1 aromatic rings. The van der Waals surface area contributed by atoms with E-state index in [1.54, 1.807) is 0 Å². The molecule has 0 amide bonds. The van der Waals surface area contributed by atoms with Crippen molar-refractivity contribution in [3.63, 3.8) is 0 Å². The van der Waals surface area contributed by atoms with Crippen LogP contribution in [-0.2, 0) is 6.42 Å². The lowest BCUT2D eigenvalue weighted by atomic mass is 9.96. The fraction of sp³-hybridized carbons (Fsp3) is 0.250. The van der Waals surface area contributed by atoms with Crippen LogP contribution in [0, 0.1) is 13.8 Å². The first kappa shape index (κ1) is 9.72. The fourth-order valence-corrected chi connectivity index (χ4v) is 1.42. The third-order valence-electron chi connectivity index (χ3n) is 2.38. The lowest BCUT2D eigenvalue weighted by molar-refractivity contribution is 0.112. The monoisotopic (exact) mass is 174 g/mol. The van der Waals surface area contributed by atoms with Crippen LogP contribution in [0.15, 0.2) is 24.8 Å². The highest BCUT2D eigenvalue weighted by Crippen LogP contribution is 2.17. The number of carbonyl (C=O) groups excluding carboxylic acids is 1. The molecule has 0 fully saturated rings. The summed E-state index contributed by atoms with van der Waals surface area (Å²) in [6, 6.07) is 3.85. The molecule has 0 N–H and O–H groups in total. The molecule has 68 valence electrons. The molecule has 0 atom stereocenters. The van der Waals surface area contributed by atoms with E-state index in [1.165, 1.54) is 11.1 Å². The van der Waals surface area contributed by atoms with Gasteiger partial charge < -0.3 is 0 Å². The van der Waals surface area contributed by atoms with Crippen LogP contribution in [0.2, 0.25) is 0 Å². The smallest absolute Gasteiger partial charge is 0.150 e. The van der Waals surface area contributed by atoms with Crippen LogP contribution in [-0.4, -0.2) is 6.29 Å². The maximum Gasteiger partial charge on any atom is 0.150 e. The lowest BCUT2D eigenvalue weighted by Gasteiger charge is -2.08. The van der Waals surface area contributed by atoms with Gasteiger partial charge >= 0.3 is 0 Å². The molecule has 0 aliphatic heterocycles. The molecular weight excluding hydrogens is 160 g/mol. The molecule has 0 saturated heterocycles. The molecule has 1 rings (SSSR count). The fourth-order valence-electron chi connectivity index (χ4n) is 1.42. The van der Waals surface area contributed by atoms with Crippen molar-refractivity contribution in [2.24, 2.45) is 0 Å². The van der Waals surface area contributed by atoms with Gasteiger partial charge in [-0.1, -0.05) is 18.2 Å². The molecule has 1 aromatic carbocycles. The van der Waals surface area contributed by atoms with Crippen LogP contribution >= 0.6 is 0 Å².